The van der Waals surface area contributed by atoms with Crippen molar-refractivity contribution in [3.8, 4) is 16.2 Å². The molecule has 0 saturated heterocycles. The molecule has 3 aromatic carbocycles. The van der Waals surface area contributed by atoms with E-state index in [1.807, 2.05) is 78.9 Å². The highest BCUT2D eigenvalue weighted by atomic mass is 32.1. The van der Waals surface area contributed by atoms with Crippen LogP contribution in [-0.2, 0) is 9.53 Å². The van der Waals surface area contributed by atoms with E-state index in [1.54, 1.807) is 27.0 Å². The van der Waals surface area contributed by atoms with E-state index in [0.29, 0.717) is 10.6 Å². The molecular weight excluding hydrogens is 486 g/mol. The van der Waals surface area contributed by atoms with Crippen molar-refractivity contribution in [3.05, 3.63) is 90.5 Å². The standard InChI is InChI=1S/C29H29N3O4S/c1-4-36-29(34)23-18-26(20-10-6-5-7-11-20)37-28(23)32-27(33)19(2)30-21-14-16-22(17-15-21)31-24-12-8-9-13-25(24)35-3/h5-19,30-31H,4H2,1-3H3,(H,32,33)/t19-/m0/s1. The van der Waals surface area contributed by atoms with Gasteiger partial charge in [-0.2, -0.15) is 0 Å². The molecule has 0 aliphatic heterocycles. The van der Waals surface area contributed by atoms with Gasteiger partial charge < -0.3 is 25.4 Å². The molecule has 1 heterocycles. The number of para-hydroxylation sites is 2. The molecule has 0 unspecified atom stereocenters. The van der Waals surface area contributed by atoms with Crippen molar-refractivity contribution in [2.24, 2.45) is 0 Å². The van der Waals surface area contributed by atoms with Gasteiger partial charge in [-0.1, -0.05) is 42.5 Å². The van der Waals surface area contributed by atoms with E-state index in [-0.39, 0.29) is 12.5 Å². The first-order chi connectivity index (χ1) is 18.0. The van der Waals surface area contributed by atoms with Crippen molar-refractivity contribution >= 4 is 45.3 Å². The molecule has 0 spiro atoms. The van der Waals surface area contributed by atoms with E-state index in [9.17, 15) is 9.59 Å². The third-order valence-corrected chi connectivity index (χ3v) is 6.67. The fourth-order valence-electron chi connectivity index (χ4n) is 3.68. The molecular formula is C29H29N3O4S. The number of amides is 1. The van der Waals surface area contributed by atoms with Crippen LogP contribution in [0.5, 0.6) is 5.75 Å². The lowest BCUT2D eigenvalue weighted by molar-refractivity contribution is -0.116. The van der Waals surface area contributed by atoms with Crippen LogP contribution < -0.4 is 20.7 Å². The summed E-state index contributed by atoms with van der Waals surface area (Å²) in [6.07, 6.45) is 0. The van der Waals surface area contributed by atoms with Crippen LogP contribution in [-0.4, -0.2) is 31.6 Å². The largest absolute Gasteiger partial charge is 0.495 e. The van der Waals surface area contributed by atoms with Crippen LogP contribution in [0.2, 0.25) is 0 Å². The third-order valence-electron chi connectivity index (χ3n) is 5.57. The highest BCUT2D eigenvalue weighted by Crippen LogP contribution is 2.36. The molecule has 1 aromatic heterocycles. The van der Waals surface area contributed by atoms with Gasteiger partial charge in [0, 0.05) is 16.3 Å². The van der Waals surface area contributed by atoms with Crippen molar-refractivity contribution in [2.75, 3.05) is 29.7 Å². The van der Waals surface area contributed by atoms with E-state index in [4.69, 9.17) is 9.47 Å². The average Bonchev–Trinajstić information content (AvgIpc) is 3.34. The van der Waals surface area contributed by atoms with E-state index in [0.717, 1.165) is 33.3 Å². The Hall–Kier alpha value is -4.30. The molecule has 0 aliphatic carbocycles. The highest BCUT2D eigenvalue weighted by Gasteiger charge is 2.22. The van der Waals surface area contributed by atoms with Gasteiger partial charge in [0.15, 0.2) is 0 Å². The van der Waals surface area contributed by atoms with Crippen molar-refractivity contribution in [2.45, 2.75) is 19.9 Å². The maximum atomic E-state index is 13.0. The third kappa shape index (κ3) is 6.48. The monoisotopic (exact) mass is 515 g/mol. The van der Waals surface area contributed by atoms with E-state index < -0.39 is 12.0 Å². The van der Waals surface area contributed by atoms with E-state index in [1.165, 1.54) is 11.3 Å². The molecule has 0 radical (unpaired) electrons. The molecule has 37 heavy (non-hydrogen) atoms. The summed E-state index contributed by atoms with van der Waals surface area (Å²) < 4.78 is 10.6. The summed E-state index contributed by atoms with van der Waals surface area (Å²) in [7, 11) is 1.63. The lowest BCUT2D eigenvalue weighted by Crippen LogP contribution is -2.32. The van der Waals surface area contributed by atoms with Gasteiger partial charge in [0.2, 0.25) is 5.91 Å². The number of nitrogens with one attached hydrogen (secondary N) is 3. The number of carbonyl (C=O) groups is 2. The molecule has 1 atom stereocenters. The number of hydrogen-bond acceptors (Lipinski definition) is 7. The van der Waals surface area contributed by atoms with Gasteiger partial charge in [-0.05, 0) is 61.9 Å². The van der Waals surface area contributed by atoms with Gasteiger partial charge in [-0.3, -0.25) is 4.79 Å². The quantitative estimate of drug-likeness (QED) is 0.202. The van der Waals surface area contributed by atoms with Crippen LogP contribution in [0.3, 0.4) is 0 Å². The normalized spacial score (nSPS) is 11.3. The van der Waals surface area contributed by atoms with Crippen molar-refractivity contribution in [1.29, 1.82) is 0 Å². The minimum absolute atomic E-state index is 0.253. The van der Waals surface area contributed by atoms with Crippen LogP contribution in [0, 0.1) is 0 Å². The van der Waals surface area contributed by atoms with Crippen molar-refractivity contribution < 1.29 is 19.1 Å². The Morgan fingerprint density at radius 2 is 1.59 bits per heavy atom. The van der Waals surface area contributed by atoms with Gasteiger partial charge in [-0.25, -0.2) is 4.79 Å². The Morgan fingerprint density at radius 3 is 2.30 bits per heavy atom. The van der Waals surface area contributed by atoms with E-state index >= 15 is 0 Å². The van der Waals surface area contributed by atoms with E-state index in [2.05, 4.69) is 16.0 Å². The summed E-state index contributed by atoms with van der Waals surface area (Å²) in [6.45, 7) is 3.78. The summed E-state index contributed by atoms with van der Waals surface area (Å²) >= 11 is 1.35. The minimum atomic E-state index is -0.551. The molecule has 4 aromatic rings. The number of rotatable bonds is 10. The number of methoxy groups -OCH3 is 1. The summed E-state index contributed by atoms with van der Waals surface area (Å²) in [5, 5.41) is 9.91. The minimum Gasteiger partial charge on any atom is -0.495 e. The first-order valence-electron chi connectivity index (χ1n) is 11.9. The van der Waals surface area contributed by atoms with Crippen molar-refractivity contribution in [3.63, 3.8) is 0 Å². The topological polar surface area (TPSA) is 88.7 Å². The number of anilines is 4. The summed E-state index contributed by atoms with van der Waals surface area (Å²) in [6, 6.07) is 26.2. The van der Waals surface area contributed by atoms with Gasteiger partial charge in [0.25, 0.3) is 0 Å². The second-order valence-electron chi connectivity index (χ2n) is 8.20. The van der Waals surface area contributed by atoms with Crippen LogP contribution in [0.1, 0.15) is 24.2 Å². The predicted molar refractivity (Wildman–Crippen MR) is 150 cm³/mol. The molecule has 0 saturated carbocycles. The number of benzene rings is 3. The maximum absolute atomic E-state index is 13.0. The van der Waals surface area contributed by atoms with Gasteiger partial charge in [-0.15, -0.1) is 11.3 Å². The number of esters is 1. The fraction of sp³-hybridized carbons (Fsp3) is 0.172. The molecule has 1 amide bonds. The molecule has 3 N–H and O–H groups in total. The fourth-order valence-corrected chi connectivity index (χ4v) is 4.73. The smallest absolute Gasteiger partial charge is 0.341 e. The molecule has 4 rings (SSSR count). The van der Waals surface area contributed by atoms with Crippen LogP contribution >= 0.6 is 11.3 Å². The summed E-state index contributed by atoms with van der Waals surface area (Å²) in [4.78, 5) is 26.5. The van der Waals surface area contributed by atoms with Crippen LogP contribution in [0.4, 0.5) is 22.1 Å². The molecule has 0 bridgehead atoms. The van der Waals surface area contributed by atoms with Crippen LogP contribution in [0.25, 0.3) is 10.4 Å². The second-order valence-corrected chi connectivity index (χ2v) is 9.25. The zero-order valence-corrected chi connectivity index (χ0v) is 21.7. The number of carbonyl (C=O) groups excluding carboxylic acids is 2. The second kappa shape index (κ2) is 12.1. The average molecular weight is 516 g/mol. The Bertz CT molecular complexity index is 1350. The van der Waals surface area contributed by atoms with Gasteiger partial charge in [0.05, 0.1) is 25.0 Å². The van der Waals surface area contributed by atoms with Crippen molar-refractivity contribution in [1.82, 2.24) is 0 Å². The van der Waals surface area contributed by atoms with Crippen LogP contribution in [0.15, 0.2) is 84.9 Å². The Labute approximate surface area is 220 Å². The molecule has 8 heteroatoms. The Morgan fingerprint density at radius 1 is 0.919 bits per heavy atom. The predicted octanol–water partition coefficient (Wildman–Crippen LogP) is 6.78. The number of thiophene rings is 1. The molecule has 7 nitrogen and oxygen atoms in total. The summed E-state index contributed by atoms with van der Waals surface area (Å²) in [5.74, 6) is 0.0272. The highest BCUT2D eigenvalue weighted by molar-refractivity contribution is 7.20. The zero-order chi connectivity index (χ0) is 26.2. The summed E-state index contributed by atoms with van der Waals surface area (Å²) in [5.41, 5.74) is 3.85. The van der Waals surface area contributed by atoms with Gasteiger partial charge in [0.1, 0.15) is 16.8 Å². The van der Waals surface area contributed by atoms with Gasteiger partial charge >= 0.3 is 5.97 Å². The molecule has 0 fully saturated rings. The Balaban J connectivity index is 1.44. The lowest BCUT2D eigenvalue weighted by atomic mass is 10.1. The number of ether oxygens (including phenoxy) is 2. The first-order valence-corrected chi connectivity index (χ1v) is 12.7. The lowest BCUT2D eigenvalue weighted by Gasteiger charge is -2.16. The zero-order valence-electron chi connectivity index (χ0n) is 20.9. The number of hydrogen-bond donors (Lipinski definition) is 3. The first kappa shape index (κ1) is 25.8. The maximum Gasteiger partial charge on any atom is 0.341 e. The SMILES string of the molecule is CCOC(=O)c1cc(-c2ccccc2)sc1NC(=O)[C@H](C)Nc1ccc(Nc2ccccc2OC)cc1. The molecule has 0 aliphatic rings. The Kier molecular flexibility index (Phi) is 8.43. The molecule has 190 valence electrons.